The van der Waals surface area contributed by atoms with E-state index in [1.807, 2.05) is 6.07 Å². The summed E-state index contributed by atoms with van der Waals surface area (Å²) >= 11 is 0. The molecule has 0 unspecified atom stereocenters. The van der Waals surface area contributed by atoms with E-state index in [2.05, 4.69) is 19.2 Å². The van der Waals surface area contributed by atoms with Crippen molar-refractivity contribution < 1.29 is 9.13 Å². The second-order valence-electron chi connectivity index (χ2n) is 5.95. The average molecular weight is 251 g/mol. The fraction of sp³-hybridized carbons (Fsp3) is 0.600. The Morgan fingerprint density at radius 3 is 2.78 bits per heavy atom. The van der Waals surface area contributed by atoms with Gasteiger partial charge in [0.05, 0.1) is 7.11 Å². The van der Waals surface area contributed by atoms with Gasteiger partial charge in [-0.1, -0.05) is 19.9 Å². The molecule has 1 N–H and O–H groups in total. The standard InChI is InChI=1S/C15H22FNO/c1-15(2)7-6-12(9-15)17-10-11-4-5-14(18-3)13(16)8-11/h4-5,8,12,17H,6-7,9-10H2,1-3H3/t12-/m0/s1. The summed E-state index contributed by atoms with van der Waals surface area (Å²) in [6.45, 7) is 5.34. The molecule has 1 saturated carbocycles. The van der Waals surface area contributed by atoms with E-state index in [0.717, 1.165) is 12.1 Å². The molecule has 0 heterocycles. The second-order valence-corrected chi connectivity index (χ2v) is 5.95. The van der Waals surface area contributed by atoms with Crippen molar-refractivity contribution in [2.75, 3.05) is 7.11 Å². The summed E-state index contributed by atoms with van der Waals surface area (Å²) in [5, 5.41) is 3.51. The molecule has 1 fully saturated rings. The van der Waals surface area contributed by atoms with Gasteiger partial charge in [-0.2, -0.15) is 0 Å². The highest BCUT2D eigenvalue weighted by molar-refractivity contribution is 5.29. The number of methoxy groups -OCH3 is 1. The minimum atomic E-state index is -0.288. The lowest BCUT2D eigenvalue weighted by atomic mass is 9.92. The first-order valence-corrected chi connectivity index (χ1v) is 6.56. The van der Waals surface area contributed by atoms with E-state index in [1.165, 1.54) is 26.4 Å². The summed E-state index contributed by atoms with van der Waals surface area (Å²) in [5.74, 6) is 0.0179. The Morgan fingerprint density at radius 2 is 2.22 bits per heavy atom. The molecule has 100 valence electrons. The van der Waals surface area contributed by atoms with Gasteiger partial charge in [-0.05, 0) is 42.4 Å². The highest BCUT2D eigenvalue weighted by Gasteiger charge is 2.30. The zero-order valence-corrected chi connectivity index (χ0v) is 11.4. The normalized spacial score (nSPS) is 22.1. The first kappa shape index (κ1) is 13.3. The maximum Gasteiger partial charge on any atom is 0.165 e. The molecule has 0 aromatic heterocycles. The molecule has 1 aliphatic rings. The molecule has 3 heteroatoms. The van der Waals surface area contributed by atoms with Crippen LogP contribution in [0.15, 0.2) is 18.2 Å². The van der Waals surface area contributed by atoms with Gasteiger partial charge in [-0.25, -0.2) is 4.39 Å². The van der Waals surface area contributed by atoms with Crippen LogP contribution in [0.2, 0.25) is 0 Å². The van der Waals surface area contributed by atoms with E-state index < -0.39 is 0 Å². The van der Waals surface area contributed by atoms with Gasteiger partial charge in [-0.3, -0.25) is 0 Å². The Morgan fingerprint density at radius 1 is 1.44 bits per heavy atom. The van der Waals surface area contributed by atoms with Crippen molar-refractivity contribution in [1.29, 1.82) is 0 Å². The number of hydrogen-bond donors (Lipinski definition) is 1. The molecule has 1 aromatic rings. The molecule has 1 aromatic carbocycles. The van der Waals surface area contributed by atoms with Crippen LogP contribution in [0, 0.1) is 11.2 Å². The van der Waals surface area contributed by atoms with Crippen LogP contribution in [-0.4, -0.2) is 13.2 Å². The van der Waals surface area contributed by atoms with E-state index in [1.54, 1.807) is 12.1 Å². The zero-order chi connectivity index (χ0) is 13.2. The maximum atomic E-state index is 13.5. The third-order valence-corrected chi connectivity index (χ3v) is 3.78. The van der Waals surface area contributed by atoms with Gasteiger partial charge in [0.1, 0.15) is 0 Å². The summed E-state index contributed by atoms with van der Waals surface area (Å²) in [4.78, 5) is 0. The molecule has 2 nitrogen and oxygen atoms in total. The highest BCUT2D eigenvalue weighted by Crippen LogP contribution is 2.37. The summed E-state index contributed by atoms with van der Waals surface area (Å²) < 4.78 is 18.4. The van der Waals surface area contributed by atoms with Gasteiger partial charge in [-0.15, -0.1) is 0 Å². The maximum absolute atomic E-state index is 13.5. The number of ether oxygens (including phenoxy) is 1. The monoisotopic (exact) mass is 251 g/mol. The predicted octanol–water partition coefficient (Wildman–Crippen LogP) is 3.50. The molecule has 0 radical (unpaired) electrons. The highest BCUT2D eigenvalue weighted by atomic mass is 19.1. The summed E-state index contributed by atoms with van der Waals surface area (Å²) in [7, 11) is 1.48. The van der Waals surface area contributed by atoms with E-state index >= 15 is 0 Å². The van der Waals surface area contributed by atoms with Crippen molar-refractivity contribution in [3.05, 3.63) is 29.6 Å². The summed E-state index contributed by atoms with van der Waals surface area (Å²) in [6.07, 6.45) is 3.68. The number of rotatable bonds is 4. The first-order valence-electron chi connectivity index (χ1n) is 6.56. The van der Waals surface area contributed by atoms with E-state index in [4.69, 9.17) is 4.74 Å². The molecule has 0 amide bonds. The van der Waals surface area contributed by atoms with Crippen LogP contribution in [0.1, 0.15) is 38.7 Å². The molecule has 0 aliphatic heterocycles. The molecule has 0 spiro atoms. The molecule has 1 aliphatic carbocycles. The molecular weight excluding hydrogens is 229 g/mol. The average Bonchev–Trinajstić information content (AvgIpc) is 2.66. The lowest BCUT2D eigenvalue weighted by molar-refractivity contribution is 0.364. The molecule has 1 atom stereocenters. The molecular formula is C15H22FNO. The SMILES string of the molecule is COc1ccc(CN[C@H]2CCC(C)(C)C2)cc1F. The number of benzene rings is 1. The lowest BCUT2D eigenvalue weighted by Gasteiger charge is -2.18. The van der Waals surface area contributed by atoms with Gasteiger partial charge < -0.3 is 10.1 Å². The second kappa shape index (κ2) is 5.27. The Labute approximate surface area is 109 Å². The van der Waals surface area contributed by atoms with Gasteiger partial charge in [0.15, 0.2) is 11.6 Å². The van der Waals surface area contributed by atoms with Crippen LogP contribution in [0.25, 0.3) is 0 Å². The van der Waals surface area contributed by atoms with Crippen molar-refractivity contribution in [3.8, 4) is 5.75 Å². The summed E-state index contributed by atoms with van der Waals surface area (Å²) in [5.41, 5.74) is 1.42. The minimum absolute atomic E-state index is 0.288. The van der Waals surface area contributed by atoms with Crippen LogP contribution < -0.4 is 10.1 Å². The topological polar surface area (TPSA) is 21.3 Å². The summed E-state index contributed by atoms with van der Waals surface area (Å²) in [6, 6.07) is 5.71. The van der Waals surface area contributed by atoms with Crippen LogP contribution >= 0.6 is 0 Å². The van der Waals surface area contributed by atoms with Gasteiger partial charge >= 0.3 is 0 Å². The van der Waals surface area contributed by atoms with Gasteiger partial charge in [0.25, 0.3) is 0 Å². The Bertz CT molecular complexity index is 417. The smallest absolute Gasteiger partial charge is 0.165 e. The van der Waals surface area contributed by atoms with Crippen LogP contribution in [0.3, 0.4) is 0 Å². The molecule has 18 heavy (non-hydrogen) atoms. The Hall–Kier alpha value is -1.09. The van der Waals surface area contributed by atoms with Crippen LogP contribution in [0.4, 0.5) is 4.39 Å². The molecule has 2 rings (SSSR count). The van der Waals surface area contributed by atoms with Crippen molar-refractivity contribution >= 4 is 0 Å². The first-order chi connectivity index (χ1) is 8.50. The van der Waals surface area contributed by atoms with Crippen LogP contribution in [-0.2, 0) is 6.54 Å². The van der Waals surface area contributed by atoms with Crippen molar-refractivity contribution in [1.82, 2.24) is 5.32 Å². The molecule has 0 saturated heterocycles. The lowest BCUT2D eigenvalue weighted by Crippen LogP contribution is -2.26. The Kier molecular flexibility index (Phi) is 3.91. The predicted molar refractivity (Wildman–Crippen MR) is 71.2 cm³/mol. The van der Waals surface area contributed by atoms with Gasteiger partial charge in [0.2, 0.25) is 0 Å². The van der Waals surface area contributed by atoms with Gasteiger partial charge in [0, 0.05) is 12.6 Å². The van der Waals surface area contributed by atoms with E-state index in [0.29, 0.717) is 17.2 Å². The fourth-order valence-corrected chi connectivity index (χ4v) is 2.69. The quantitative estimate of drug-likeness (QED) is 0.884. The molecule has 0 bridgehead atoms. The number of nitrogens with one attached hydrogen (secondary N) is 1. The third-order valence-electron chi connectivity index (χ3n) is 3.78. The van der Waals surface area contributed by atoms with E-state index in [9.17, 15) is 4.39 Å². The van der Waals surface area contributed by atoms with Crippen LogP contribution in [0.5, 0.6) is 5.75 Å². The fourth-order valence-electron chi connectivity index (χ4n) is 2.69. The Balaban J connectivity index is 1.89. The number of halogens is 1. The number of hydrogen-bond acceptors (Lipinski definition) is 2. The largest absolute Gasteiger partial charge is 0.494 e. The van der Waals surface area contributed by atoms with Crippen molar-refractivity contribution in [2.24, 2.45) is 5.41 Å². The van der Waals surface area contributed by atoms with E-state index in [-0.39, 0.29) is 5.82 Å². The third kappa shape index (κ3) is 3.22. The minimum Gasteiger partial charge on any atom is -0.494 e. The zero-order valence-electron chi connectivity index (χ0n) is 11.4. The van der Waals surface area contributed by atoms with Crippen molar-refractivity contribution in [3.63, 3.8) is 0 Å². The van der Waals surface area contributed by atoms with Crippen molar-refractivity contribution in [2.45, 2.75) is 45.7 Å².